The Hall–Kier alpha value is -2.71. The SMILES string of the molecule is O=C(CNC(=O)C1c2ccccc2C(=O)N1C1CC1)NCCN1CCc2sccc2C1. The summed E-state index contributed by atoms with van der Waals surface area (Å²) in [5.41, 5.74) is 2.71. The van der Waals surface area contributed by atoms with Crippen LogP contribution in [0, 0.1) is 0 Å². The van der Waals surface area contributed by atoms with Crippen molar-refractivity contribution in [2.45, 2.75) is 37.9 Å². The van der Waals surface area contributed by atoms with Crippen molar-refractivity contribution in [3.63, 3.8) is 0 Å². The van der Waals surface area contributed by atoms with Crippen molar-refractivity contribution in [2.24, 2.45) is 0 Å². The lowest BCUT2D eigenvalue weighted by molar-refractivity contribution is -0.129. The molecule has 1 unspecified atom stereocenters. The summed E-state index contributed by atoms with van der Waals surface area (Å²) in [7, 11) is 0. The van der Waals surface area contributed by atoms with E-state index >= 15 is 0 Å². The molecule has 1 saturated carbocycles. The number of carbonyl (C=O) groups is 3. The van der Waals surface area contributed by atoms with Crippen LogP contribution in [-0.4, -0.2) is 59.7 Å². The minimum Gasteiger partial charge on any atom is -0.353 e. The molecule has 31 heavy (non-hydrogen) atoms. The van der Waals surface area contributed by atoms with E-state index < -0.39 is 6.04 Å². The van der Waals surface area contributed by atoms with Crippen LogP contribution in [0.2, 0.25) is 0 Å². The zero-order valence-corrected chi connectivity index (χ0v) is 18.1. The maximum Gasteiger partial charge on any atom is 0.255 e. The molecule has 1 fully saturated rings. The van der Waals surface area contributed by atoms with Gasteiger partial charge in [-0.25, -0.2) is 0 Å². The Morgan fingerprint density at radius 2 is 1.97 bits per heavy atom. The highest BCUT2D eigenvalue weighted by Gasteiger charge is 2.47. The lowest BCUT2D eigenvalue weighted by Crippen LogP contribution is -2.45. The van der Waals surface area contributed by atoms with Crippen LogP contribution in [0.5, 0.6) is 0 Å². The molecule has 0 spiro atoms. The summed E-state index contributed by atoms with van der Waals surface area (Å²) in [5, 5.41) is 7.77. The van der Waals surface area contributed by atoms with E-state index in [0.717, 1.165) is 44.5 Å². The summed E-state index contributed by atoms with van der Waals surface area (Å²) in [6, 6.07) is 8.92. The van der Waals surface area contributed by atoms with E-state index in [1.165, 1.54) is 10.4 Å². The van der Waals surface area contributed by atoms with Crippen molar-refractivity contribution in [1.82, 2.24) is 20.4 Å². The summed E-state index contributed by atoms with van der Waals surface area (Å²) >= 11 is 1.82. The molecule has 7 nitrogen and oxygen atoms in total. The zero-order chi connectivity index (χ0) is 21.4. The van der Waals surface area contributed by atoms with Crippen LogP contribution in [0.1, 0.15) is 45.2 Å². The predicted molar refractivity (Wildman–Crippen MR) is 118 cm³/mol. The average molecular weight is 439 g/mol. The second kappa shape index (κ2) is 8.43. The smallest absolute Gasteiger partial charge is 0.255 e. The molecular weight excluding hydrogens is 412 g/mol. The fourth-order valence-electron chi connectivity index (χ4n) is 4.51. The molecule has 8 heteroatoms. The third kappa shape index (κ3) is 4.09. The van der Waals surface area contributed by atoms with Crippen molar-refractivity contribution >= 4 is 29.1 Å². The fraction of sp³-hybridized carbons (Fsp3) is 0.435. The maximum atomic E-state index is 12.9. The van der Waals surface area contributed by atoms with Crippen molar-refractivity contribution in [3.8, 4) is 0 Å². The molecule has 2 aromatic rings. The lowest BCUT2D eigenvalue weighted by Gasteiger charge is -2.26. The number of benzene rings is 1. The first-order valence-electron chi connectivity index (χ1n) is 10.9. The first kappa shape index (κ1) is 20.2. The molecule has 2 N–H and O–H groups in total. The molecule has 2 aliphatic heterocycles. The van der Waals surface area contributed by atoms with Crippen LogP contribution < -0.4 is 10.6 Å². The van der Waals surface area contributed by atoms with E-state index in [-0.39, 0.29) is 30.3 Å². The monoisotopic (exact) mass is 438 g/mol. The second-order valence-electron chi connectivity index (χ2n) is 8.40. The third-order valence-electron chi connectivity index (χ3n) is 6.25. The van der Waals surface area contributed by atoms with E-state index in [1.54, 1.807) is 11.0 Å². The Morgan fingerprint density at radius 3 is 2.81 bits per heavy atom. The summed E-state index contributed by atoms with van der Waals surface area (Å²) in [6.45, 7) is 3.19. The van der Waals surface area contributed by atoms with Gasteiger partial charge in [-0.2, -0.15) is 0 Å². The third-order valence-corrected chi connectivity index (χ3v) is 7.27. The number of rotatable bonds is 7. The highest BCUT2D eigenvalue weighted by atomic mass is 32.1. The number of nitrogens with zero attached hydrogens (tertiary/aromatic N) is 2. The second-order valence-corrected chi connectivity index (χ2v) is 9.40. The van der Waals surface area contributed by atoms with Gasteiger partial charge in [0.05, 0.1) is 6.54 Å². The van der Waals surface area contributed by atoms with Crippen molar-refractivity contribution in [3.05, 3.63) is 57.3 Å². The number of fused-ring (bicyclic) bond motifs is 2. The van der Waals surface area contributed by atoms with Gasteiger partial charge in [0.2, 0.25) is 11.8 Å². The zero-order valence-electron chi connectivity index (χ0n) is 17.3. The number of carbonyl (C=O) groups excluding carboxylic acids is 3. The first-order chi connectivity index (χ1) is 15.1. The highest BCUT2D eigenvalue weighted by Crippen LogP contribution is 2.41. The highest BCUT2D eigenvalue weighted by molar-refractivity contribution is 7.10. The van der Waals surface area contributed by atoms with E-state index in [1.807, 2.05) is 29.5 Å². The number of hydrogen-bond acceptors (Lipinski definition) is 5. The molecule has 1 aliphatic carbocycles. The Kier molecular flexibility index (Phi) is 5.50. The van der Waals surface area contributed by atoms with E-state index in [0.29, 0.717) is 12.1 Å². The van der Waals surface area contributed by atoms with Gasteiger partial charge < -0.3 is 15.5 Å². The van der Waals surface area contributed by atoms with Crippen LogP contribution in [0.4, 0.5) is 0 Å². The molecule has 3 amide bonds. The van der Waals surface area contributed by atoms with E-state index in [4.69, 9.17) is 0 Å². The number of thiophene rings is 1. The van der Waals surface area contributed by atoms with Crippen LogP contribution >= 0.6 is 11.3 Å². The van der Waals surface area contributed by atoms with Gasteiger partial charge >= 0.3 is 0 Å². The molecule has 0 bridgehead atoms. The summed E-state index contributed by atoms with van der Waals surface area (Å²) in [6.07, 6.45) is 2.91. The topological polar surface area (TPSA) is 81.8 Å². The largest absolute Gasteiger partial charge is 0.353 e. The fourth-order valence-corrected chi connectivity index (χ4v) is 5.40. The average Bonchev–Trinajstić information content (AvgIpc) is 3.43. The Bertz CT molecular complexity index is 1020. The van der Waals surface area contributed by atoms with Gasteiger partial charge in [-0.05, 0) is 47.9 Å². The minimum atomic E-state index is -0.642. The number of amides is 3. The number of hydrogen-bond donors (Lipinski definition) is 2. The van der Waals surface area contributed by atoms with Crippen LogP contribution in [-0.2, 0) is 22.6 Å². The standard InChI is InChI=1S/C23H26N4O3S/c28-20(24-9-11-26-10-7-19-15(14-26)8-12-31-19)13-25-22(29)21-17-3-1-2-4-18(17)23(30)27(21)16-5-6-16/h1-4,8,12,16,21H,5-7,9-11,13-14H2,(H,24,28)(H,25,29). The molecule has 0 radical (unpaired) electrons. The van der Waals surface area contributed by atoms with Gasteiger partial charge in [-0.15, -0.1) is 11.3 Å². The summed E-state index contributed by atoms with van der Waals surface area (Å²) < 4.78 is 0. The van der Waals surface area contributed by atoms with Gasteiger partial charge in [-0.1, -0.05) is 18.2 Å². The predicted octanol–water partition coefficient (Wildman–Crippen LogP) is 1.70. The lowest BCUT2D eigenvalue weighted by atomic mass is 10.0. The van der Waals surface area contributed by atoms with Crippen LogP contribution in [0.25, 0.3) is 0 Å². The van der Waals surface area contributed by atoms with E-state index in [2.05, 4.69) is 27.0 Å². The maximum absolute atomic E-state index is 12.9. The quantitative estimate of drug-likeness (QED) is 0.690. The van der Waals surface area contributed by atoms with Gasteiger partial charge in [0.25, 0.3) is 5.91 Å². The van der Waals surface area contributed by atoms with Gasteiger partial charge in [0, 0.05) is 42.7 Å². The van der Waals surface area contributed by atoms with Crippen molar-refractivity contribution < 1.29 is 14.4 Å². The molecule has 5 rings (SSSR count). The molecule has 3 heterocycles. The molecule has 1 atom stereocenters. The summed E-state index contributed by atoms with van der Waals surface area (Å²) in [4.78, 5) is 43.4. The summed E-state index contributed by atoms with van der Waals surface area (Å²) in [5.74, 6) is -0.587. The molecule has 1 aromatic carbocycles. The van der Waals surface area contributed by atoms with Gasteiger partial charge in [0.1, 0.15) is 6.04 Å². The minimum absolute atomic E-state index is 0.0844. The Morgan fingerprint density at radius 1 is 1.13 bits per heavy atom. The van der Waals surface area contributed by atoms with Crippen molar-refractivity contribution in [2.75, 3.05) is 26.2 Å². The van der Waals surface area contributed by atoms with Gasteiger partial charge in [-0.3, -0.25) is 19.3 Å². The first-order valence-corrected chi connectivity index (χ1v) is 11.7. The van der Waals surface area contributed by atoms with E-state index in [9.17, 15) is 14.4 Å². The normalized spacial score (nSPS) is 20.3. The van der Waals surface area contributed by atoms with Crippen LogP contribution in [0.3, 0.4) is 0 Å². The van der Waals surface area contributed by atoms with Crippen molar-refractivity contribution in [1.29, 1.82) is 0 Å². The Labute approximate surface area is 185 Å². The Balaban J connectivity index is 1.11. The molecule has 162 valence electrons. The molecule has 3 aliphatic rings. The number of nitrogens with one attached hydrogen (secondary N) is 2. The molecule has 1 aromatic heterocycles. The van der Waals surface area contributed by atoms with Gasteiger partial charge in [0.15, 0.2) is 0 Å². The molecular formula is C23H26N4O3S. The van der Waals surface area contributed by atoms with Crippen LogP contribution in [0.15, 0.2) is 35.7 Å². The molecule has 0 saturated heterocycles.